The maximum Gasteiger partial charge on any atom is 0.344 e. The molecule has 0 aliphatic carbocycles. The molecule has 0 unspecified atom stereocenters. The Bertz CT molecular complexity index is 476. The van der Waals surface area contributed by atoms with Crippen LogP contribution in [0.15, 0.2) is 28.7 Å². The van der Waals surface area contributed by atoms with Crippen LogP contribution >= 0.6 is 15.9 Å². The zero-order chi connectivity index (χ0) is 15.7. The van der Waals surface area contributed by atoms with Crippen molar-refractivity contribution >= 4 is 27.8 Å². The molecule has 0 aliphatic rings. The fraction of sp³-hybridized carbons (Fsp3) is 0.467. The van der Waals surface area contributed by atoms with E-state index in [1.807, 2.05) is 6.07 Å². The lowest BCUT2D eigenvalue weighted by Crippen LogP contribution is -2.31. The predicted octanol–water partition coefficient (Wildman–Crippen LogP) is 2.53. The second kappa shape index (κ2) is 9.39. The quantitative estimate of drug-likeness (QED) is 0.726. The fourth-order valence-electron chi connectivity index (χ4n) is 1.44. The van der Waals surface area contributed by atoms with Gasteiger partial charge in [0.2, 0.25) is 0 Å². The van der Waals surface area contributed by atoms with Crippen molar-refractivity contribution in [3.63, 3.8) is 0 Å². The third-order valence-electron chi connectivity index (χ3n) is 2.56. The number of hydrogen-bond acceptors (Lipinski definition) is 4. The number of carbonyl (C=O) groups excluding carboxylic acids is 2. The van der Waals surface area contributed by atoms with Crippen molar-refractivity contribution in [3.05, 3.63) is 28.7 Å². The van der Waals surface area contributed by atoms with Crippen molar-refractivity contribution in [2.75, 3.05) is 19.8 Å². The van der Waals surface area contributed by atoms with Crippen molar-refractivity contribution in [1.82, 2.24) is 5.32 Å². The second-order valence-corrected chi connectivity index (χ2v) is 5.85. The Morgan fingerprint density at radius 2 is 2.05 bits per heavy atom. The van der Waals surface area contributed by atoms with Crippen molar-refractivity contribution < 1.29 is 19.1 Å². The van der Waals surface area contributed by atoms with E-state index in [4.69, 9.17) is 9.47 Å². The first-order valence-corrected chi connectivity index (χ1v) is 7.57. The molecule has 1 aromatic rings. The number of esters is 1. The van der Waals surface area contributed by atoms with E-state index in [1.54, 1.807) is 18.2 Å². The van der Waals surface area contributed by atoms with E-state index in [1.165, 1.54) is 0 Å². The van der Waals surface area contributed by atoms with E-state index in [2.05, 4.69) is 35.1 Å². The number of benzene rings is 1. The molecule has 0 saturated heterocycles. The summed E-state index contributed by atoms with van der Waals surface area (Å²) in [6.07, 6.45) is 0.895. The highest BCUT2D eigenvalue weighted by atomic mass is 79.9. The van der Waals surface area contributed by atoms with Crippen LogP contribution < -0.4 is 10.1 Å². The third kappa shape index (κ3) is 8.34. The van der Waals surface area contributed by atoms with Gasteiger partial charge in [-0.05, 0) is 30.5 Å². The average molecular weight is 358 g/mol. The summed E-state index contributed by atoms with van der Waals surface area (Å²) in [5.74, 6) is 0.203. The summed E-state index contributed by atoms with van der Waals surface area (Å²) in [6, 6.07) is 7.13. The number of ether oxygens (including phenoxy) is 2. The van der Waals surface area contributed by atoms with E-state index >= 15 is 0 Å². The van der Waals surface area contributed by atoms with Crippen molar-refractivity contribution in [3.8, 4) is 5.75 Å². The van der Waals surface area contributed by atoms with Gasteiger partial charge in [0.25, 0.3) is 5.91 Å². The summed E-state index contributed by atoms with van der Waals surface area (Å²) < 4.78 is 10.9. The minimum Gasteiger partial charge on any atom is -0.482 e. The lowest BCUT2D eigenvalue weighted by Gasteiger charge is -2.09. The van der Waals surface area contributed by atoms with Gasteiger partial charge < -0.3 is 14.8 Å². The molecule has 1 N–H and O–H groups in total. The van der Waals surface area contributed by atoms with Crippen LogP contribution in [0.25, 0.3) is 0 Å². The number of carbonyl (C=O) groups is 2. The van der Waals surface area contributed by atoms with E-state index in [9.17, 15) is 9.59 Å². The summed E-state index contributed by atoms with van der Waals surface area (Å²) in [4.78, 5) is 22.9. The van der Waals surface area contributed by atoms with Crippen LogP contribution in [0.4, 0.5) is 0 Å². The van der Waals surface area contributed by atoms with Gasteiger partial charge in [0.15, 0.2) is 13.2 Å². The highest BCUT2D eigenvalue weighted by Crippen LogP contribution is 2.17. The second-order valence-electron chi connectivity index (χ2n) is 4.94. The van der Waals surface area contributed by atoms with Gasteiger partial charge in [0, 0.05) is 11.0 Å². The topological polar surface area (TPSA) is 64.6 Å². The summed E-state index contributed by atoms with van der Waals surface area (Å²) in [6.45, 7) is 4.23. The first-order chi connectivity index (χ1) is 9.97. The molecule has 1 amide bonds. The Morgan fingerprint density at radius 3 is 2.71 bits per heavy atom. The first kappa shape index (κ1) is 17.5. The standard InChI is InChI=1S/C15H20BrNO4/c1-11(2)6-7-17-14(18)9-21-15(19)10-20-13-5-3-4-12(16)8-13/h3-5,8,11H,6-7,9-10H2,1-2H3,(H,17,18). The highest BCUT2D eigenvalue weighted by Gasteiger charge is 2.08. The average Bonchev–Trinajstić information content (AvgIpc) is 2.42. The number of amides is 1. The molecule has 5 nitrogen and oxygen atoms in total. The smallest absolute Gasteiger partial charge is 0.344 e. The van der Waals surface area contributed by atoms with E-state index in [-0.39, 0.29) is 19.1 Å². The summed E-state index contributed by atoms with van der Waals surface area (Å²) in [5.41, 5.74) is 0. The van der Waals surface area contributed by atoms with Crippen LogP contribution in [0, 0.1) is 5.92 Å². The lowest BCUT2D eigenvalue weighted by atomic mass is 10.1. The molecule has 0 aliphatic heterocycles. The number of nitrogens with one attached hydrogen (secondary N) is 1. The van der Waals surface area contributed by atoms with Gasteiger partial charge in [-0.25, -0.2) is 4.79 Å². The van der Waals surface area contributed by atoms with Crippen LogP contribution in [0.5, 0.6) is 5.75 Å². The molecule has 0 heterocycles. The summed E-state index contributed by atoms with van der Waals surface area (Å²) in [5, 5.41) is 2.69. The zero-order valence-corrected chi connectivity index (χ0v) is 13.8. The van der Waals surface area contributed by atoms with Crippen molar-refractivity contribution in [2.45, 2.75) is 20.3 Å². The molecule has 21 heavy (non-hydrogen) atoms. The van der Waals surface area contributed by atoms with Crippen molar-refractivity contribution in [2.24, 2.45) is 5.92 Å². The molecule has 6 heteroatoms. The molecule has 1 rings (SSSR count). The Labute approximate surface area is 133 Å². The maximum absolute atomic E-state index is 11.4. The minimum atomic E-state index is -0.575. The molecule has 0 saturated carbocycles. The van der Waals surface area contributed by atoms with Gasteiger partial charge in [0.1, 0.15) is 5.75 Å². The SMILES string of the molecule is CC(C)CCNC(=O)COC(=O)COc1cccc(Br)c1. The molecule has 0 aromatic heterocycles. The fourth-order valence-corrected chi connectivity index (χ4v) is 1.82. The lowest BCUT2D eigenvalue weighted by molar-refractivity contribution is -0.150. The molecule has 0 atom stereocenters. The van der Waals surface area contributed by atoms with Crippen LogP contribution in [0.3, 0.4) is 0 Å². The monoisotopic (exact) mass is 357 g/mol. The van der Waals surface area contributed by atoms with Gasteiger partial charge in [-0.15, -0.1) is 0 Å². The zero-order valence-electron chi connectivity index (χ0n) is 12.2. The normalized spacial score (nSPS) is 10.3. The van der Waals surface area contributed by atoms with Gasteiger partial charge in [0.05, 0.1) is 0 Å². The molecule has 1 aromatic carbocycles. The highest BCUT2D eigenvalue weighted by molar-refractivity contribution is 9.10. The molecule has 116 valence electrons. The van der Waals surface area contributed by atoms with Gasteiger partial charge in [-0.2, -0.15) is 0 Å². The van der Waals surface area contributed by atoms with Gasteiger partial charge in [-0.1, -0.05) is 35.8 Å². The Morgan fingerprint density at radius 1 is 1.29 bits per heavy atom. The molecular formula is C15H20BrNO4. The van der Waals surface area contributed by atoms with Crippen LogP contribution in [0.1, 0.15) is 20.3 Å². The van der Waals surface area contributed by atoms with Crippen LogP contribution in [0.2, 0.25) is 0 Å². The number of halogens is 1. The Kier molecular flexibility index (Phi) is 7.82. The molecule has 0 bridgehead atoms. The minimum absolute atomic E-state index is 0.226. The van der Waals surface area contributed by atoms with Crippen molar-refractivity contribution in [1.29, 1.82) is 0 Å². The molecule has 0 radical (unpaired) electrons. The Hall–Kier alpha value is -1.56. The molecular weight excluding hydrogens is 338 g/mol. The summed E-state index contributed by atoms with van der Waals surface area (Å²) >= 11 is 3.30. The number of rotatable bonds is 8. The molecule has 0 spiro atoms. The van der Waals surface area contributed by atoms with Gasteiger partial charge in [-0.3, -0.25) is 4.79 Å². The van der Waals surface area contributed by atoms with E-state index in [0.717, 1.165) is 10.9 Å². The van der Waals surface area contributed by atoms with Gasteiger partial charge >= 0.3 is 5.97 Å². The van der Waals surface area contributed by atoms with E-state index < -0.39 is 5.97 Å². The predicted molar refractivity (Wildman–Crippen MR) is 83.1 cm³/mol. The maximum atomic E-state index is 11.4. The van der Waals surface area contributed by atoms with Crippen LogP contribution in [-0.2, 0) is 14.3 Å². The largest absolute Gasteiger partial charge is 0.482 e. The first-order valence-electron chi connectivity index (χ1n) is 6.78. The Balaban J connectivity index is 2.17. The molecule has 0 fully saturated rings. The van der Waals surface area contributed by atoms with Crippen LogP contribution in [-0.4, -0.2) is 31.6 Å². The third-order valence-corrected chi connectivity index (χ3v) is 3.05. The van der Waals surface area contributed by atoms with E-state index in [0.29, 0.717) is 18.2 Å². The number of hydrogen-bond donors (Lipinski definition) is 1. The summed E-state index contributed by atoms with van der Waals surface area (Å²) in [7, 11) is 0.